The summed E-state index contributed by atoms with van der Waals surface area (Å²) in [5, 5.41) is 8.37. The maximum absolute atomic E-state index is 10.2. The number of rotatable bonds is 3. The minimum atomic E-state index is -0.742. The normalized spacial score (nSPS) is 8.00. The van der Waals surface area contributed by atoms with Gasteiger partial charge in [0.25, 0.3) is 0 Å². The molecule has 0 saturated heterocycles. The second-order valence-electron chi connectivity index (χ2n) is 2.38. The molecule has 0 unspecified atom stereocenters. The van der Waals surface area contributed by atoms with Crippen LogP contribution >= 0.6 is 0 Å². The van der Waals surface area contributed by atoms with Crippen molar-refractivity contribution in [2.24, 2.45) is 0 Å². The van der Waals surface area contributed by atoms with E-state index < -0.39 is 5.97 Å². The smallest absolute Gasteiger partial charge is 0.303 e. The number of carboxylic acids is 1. The zero-order valence-electron chi connectivity index (χ0n) is 6.79. The van der Waals surface area contributed by atoms with E-state index in [1.54, 1.807) is 0 Å². The molecule has 0 fully saturated rings. The molecule has 1 aromatic carbocycles. The Kier molecular flexibility index (Phi) is 10.3. The van der Waals surface area contributed by atoms with Crippen molar-refractivity contribution in [1.29, 1.82) is 0 Å². The molecule has 0 atom stereocenters. The maximum Gasteiger partial charge on any atom is 0.303 e. The van der Waals surface area contributed by atoms with Crippen molar-refractivity contribution >= 4 is 5.97 Å². The first-order valence-electron chi connectivity index (χ1n) is 3.55. The zero-order chi connectivity index (χ0) is 8.10. The molecule has 0 bridgehead atoms. The fraction of sp³-hybridized carbons (Fsp3) is 0.222. The number of hydrogen-bond donors (Lipinski definition) is 1. The van der Waals surface area contributed by atoms with E-state index >= 15 is 0 Å². The van der Waals surface area contributed by atoms with Crippen molar-refractivity contribution in [2.45, 2.75) is 12.8 Å². The Balaban J connectivity index is 0. The summed E-state index contributed by atoms with van der Waals surface area (Å²) in [4.78, 5) is 10.2. The molecular formula is C9H10O2Pd2. The average Bonchev–Trinajstić information content (AvgIpc) is 2.03. The number of carboxylic acid groups (broad SMARTS) is 1. The van der Waals surface area contributed by atoms with Gasteiger partial charge < -0.3 is 5.11 Å². The van der Waals surface area contributed by atoms with Crippen LogP contribution in [-0.2, 0) is 52.1 Å². The molecule has 0 amide bonds. The van der Waals surface area contributed by atoms with Crippen molar-refractivity contribution < 1.29 is 50.7 Å². The summed E-state index contributed by atoms with van der Waals surface area (Å²) in [6.45, 7) is 0. The molecule has 0 radical (unpaired) electrons. The van der Waals surface area contributed by atoms with Crippen LogP contribution in [0.4, 0.5) is 0 Å². The van der Waals surface area contributed by atoms with E-state index in [1.165, 1.54) is 0 Å². The van der Waals surface area contributed by atoms with Crippen molar-refractivity contribution in [2.75, 3.05) is 0 Å². The molecule has 4 heteroatoms. The van der Waals surface area contributed by atoms with Gasteiger partial charge in [0.1, 0.15) is 0 Å². The predicted octanol–water partition coefficient (Wildman–Crippen LogP) is 1.70. The van der Waals surface area contributed by atoms with E-state index in [-0.39, 0.29) is 47.3 Å². The topological polar surface area (TPSA) is 37.3 Å². The largest absolute Gasteiger partial charge is 0.481 e. The summed E-state index contributed by atoms with van der Waals surface area (Å²) >= 11 is 0. The molecule has 0 heterocycles. The minimum absolute atomic E-state index is 0. The monoisotopic (exact) mass is 362 g/mol. The average molecular weight is 363 g/mol. The first-order chi connectivity index (χ1) is 5.29. The Morgan fingerprint density at radius 2 is 1.69 bits per heavy atom. The summed E-state index contributed by atoms with van der Waals surface area (Å²) in [7, 11) is 0. The van der Waals surface area contributed by atoms with Crippen molar-refractivity contribution in [3.8, 4) is 0 Å². The first-order valence-corrected chi connectivity index (χ1v) is 3.55. The zero-order valence-corrected chi connectivity index (χ0v) is 9.90. The second-order valence-corrected chi connectivity index (χ2v) is 2.38. The Morgan fingerprint density at radius 1 is 1.15 bits per heavy atom. The van der Waals surface area contributed by atoms with Crippen LogP contribution in [0.3, 0.4) is 0 Å². The van der Waals surface area contributed by atoms with Crippen LogP contribution < -0.4 is 0 Å². The summed E-state index contributed by atoms with van der Waals surface area (Å²) in [5.41, 5.74) is 1.08. The SMILES string of the molecule is O=C(O)CCc1ccccc1.[Pd].[Pd]. The molecule has 0 aromatic heterocycles. The van der Waals surface area contributed by atoms with Gasteiger partial charge in [0, 0.05) is 47.3 Å². The van der Waals surface area contributed by atoms with Gasteiger partial charge in [-0.05, 0) is 12.0 Å². The summed E-state index contributed by atoms with van der Waals surface area (Å²) in [6.07, 6.45) is 0.834. The number of hydrogen-bond acceptors (Lipinski definition) is 1. The molecule has 0 saturated carbocycles. The van der Waals surface area contributed by atoms with Crippen LogP contribution in [-0.4, -0.2) is 11.1 Å². The van der Waals surface area contributed by atoms with E-state index in [9.17, 15) is 4.79 Å². The van der Waals surface area contributed by atoms with Crippen molar-refractivity contribution in [1.82, 2.24) is 0 Å². The van der Waals surface area contributed by atoms with Crippen LogP contribution in [0.5, 0.6) is 0 Å². The molecule has 0 spiro atoms. The molecule has 78 valence electrons. The van der Waals surface area contributed by atoms with Gasteiger partial charge in [0.2, 0.25) is 0 Å². The molecule has 0 aliphatic carbocycles. The summed E-state index contributed by atoms with van der Waals surface area (Å²) < 4.78 is 0. The Hall–Kier alpha value is 0.0147. The van der Waals surface area contributed by atoms with Gasteiger partial charge in [-0.3, -0.25) is 4.79 Å². The quantitative estimate of drug-likeness (QED) is 0.831. The van der Waals surface area contributed by atoms with Gasteiger partial charge in [0.15, 0.2) is 0 Å². The maximum atomic E-state index is 10.2. The van der Waals surface area contributed by atoms with E-state index in [0.717, 1.165) is 5.56 Å². The van der Waals surface area contributed by atoms with Crippen LogP contribution in [0.1, 0.15) is 12.0 Å². The van der Waals surface area contributed by atoms with Gasteiger partial charge in [-0.1, -0.05) is 30.3 Å². The van der Waals surface area contributed by atoms with Gasteiger partial charge in [-0.15, -0.1) is 0 Å². The van der Waals surface area contributed by atoms with E-state index in [1.807, 2.05) is 30.3 Å². The Labute approximate surface area is 105 Å². The second kappa shape index (κ2) is 8.61. The summed E-state index contributed by atoms with van der Waals surface area (Å²) in [5.74, 6) is -0.742. The van der Waals surface area contributed by atoms with Gasteiger partial charge in [-0.2, -0.15) is 0 Å². The first kappa shape index (κ1) is 15.5. The molecule has 1 rings (SSSR count). The van der Waals surface area contributed by atoms with Crippen LogP contribution in [0.25, 0.3) is 0 Å². The third-order valence-electron chi connectivity index (χ3n) is 1.47. The fourth-order valence-corrected chi connectivity index (χ4v) is 0.896. The Morgan fingerprint density at radius 3 is 2.15 bits per heavy atom. The van der Waals surface area contributed by atoms with Gasteiger partial charge >= 0.3 is 5.97 Å². The fourth-order valence-electron chi connectivity index (χ4n) is 0.896. The van der Waals surface area contributed by atoms with Gasteiger partial charge in [-0.25, -0.2) is 0 Å². The van der Waals surface area contributed by atoms with Crippen molar-refractivity contribution in [3.63, 3.8) is 0 Å². The van der Waals surface area contributed by atoms with Gasteiger partial charge in [0.05, 0.1) is 0 Å². The minimum Gasteiger partial charge on any atom is -0.481 e. The third kappa shape index (κ3) is 7.11. The number of aryl methyl sites for hydroxylation is 1. The van der Waals surface area contributed by atoms with E-state index in [0.29, 0.717) is 6.42 Å². The molecule has 1 N–H and O–H groups in total. The molecule has 2 nitrogen and oxygen atoms in total. The molecule has 1 aromatic rings. The van der Waals surface area contributed by atoms with Crippen LogP contribution in [0, 0.1) is 0 Å². The number of aliphatic carboxylic acids is 1. The van der Waals surface area contributed by atoms with Crippen LogP contribution in [0.15, 0.2) is 30.3 Å². The van der Waals surface area contributed by atoms with Crippen molar-refractivity contribution in [3.05, 3.63) is 35.9 Å². The molecule has 0 aliphatic rings. The third-order valence-corrected chi connectivity index (χ3v) is 1.47. The standard InChI is InChI=1S/C9H10O2.2Pd/c10-9(11)7-6-8-4-2-1-3-5-8;;/h1-5H,6-7H2,(H,10,11);;. The summed E-state index contributed by atoms with van der Waals surface area (Å²) in [6, 6.07) is 9.62. The predicted molar refractivity (Wildman–Crippen MR) is 42.4 cm³/mol. The molecule has 0 aliphatic heterocycles. The number of carbonyl (C=O) groups is 1. The van der Waals surface area contributed by atoms with Crippen LogP contribution in [0.2, 0.25) is 0 Å². The molecular weight excluding hydrogens is 353 g/mol. The molecule has 13 heavy (non-hydrogen) atoms. The Bertz CT molecular complexity index is 237. The number of benzene rings is 1. The van der Waals surface area contributed by atoms with E-state index in [2.05, 4.69) is 0 Å². The van der Waals surface area contributed by atoms with E-state index in [4.69, 9.17) is 5.11 Å².